The molecule has 0 N–H and O–H groups in total. The van der Waals surface area contributed by atoms with Crippen LogP contribution in [-0.2, 0) is 10.5 Å². The second kappa shape index (κ2) is 2.91. The van der Waals surface area contributed by atoms with Crippen LogP contribution in [-0.4, -0.2) is 6.29 Å². The fraction of sp³-hybridized carbons (Fsp3) is 0.286. The van der Waals surface area contributed by atoms with Crippen LogP contribution in [0, 0.1) is 0 Å². The minimum absolute atomic E-state index is 0.273. The lowest BCUT2D eigenvalue weighted by Gasteiger charge is -2.08. The Morgan fingerprint density at radius 1 is 1.73 bits per heavy atom. The molecule has 1 aromatic rings. The number of hydrogen-bond acceptors (Lipinski definition) is 2. The van der Waals surface area contributed by atoms with Gasteiger partial charge >= 0.3 is 0 Å². The van der Waals surface area contributed by atoms with Crippen molar-refractivity contribution in [1.82, 2.24) is 0 Å². The number of thiophene rings is 1. The Morgan fingerprint density at radius 2 is 2.36 bits per heavy atom. The zero-order valence-corrected chi connectivity index (χ0v) is 7.38. The highest BCUT2D eigenvalue weighted by molar-refractivity contribution is 7.16. The first-order valence-corrected chi connectivity index (χ1v) is 4.17. The fourth-order valence-electron chi connectivity index (χ4n) is 0.635. The van der Waals surface area contributed by atoms with E-state index in [-0.39, 0.29) is 6.29 Å². The van der Waals surface area contributed by atoms with E-state index in [0.717, 1.165) is 11.3 Å². The highest BCUT2D eigenvalue weighted by Crippen LogP contribution is 2.32. The molecule has 0 bridgehead atoms. The molecule has 0 saturated carbocycles. The van der Waals surface area contributed by atoms with Crippen molar-refractivity contribution >= 4 is 29.2 Å². The van der Waals surface area contributed by atoms with Gasteiger partial charge in [0.05, 0.1) is 9.21 Å². The van der Waals surface area contributed by atoms with Crippen molar-refractivity contribution in [3.8, 4) is 0 Å². The second-order valence-corrected chi connectivity index (χ2v) is 4.01. The maximum atomic E-state index is 13.1. The maximum absolute atomic E-state index is 13.1. The van der Waals surface area contributed by atoms with Crippen LogP contribution in [0.3, 0.4) is 0 Å². The number of alkyl halides is 1. The predicted molar refractivity (Wildman–Crippen MR) is 43.9 cm³/mol. The van der Waals surface area contributed by atoms with Crippen molar-refractivity contribution in [2.45, 2.75) is 12.6 Å². The van der Waals surface area contributed by atoms with Gasteiger partial charge in [-0.25, -0.2) is 4.39 Å². The van der Waals surface area contributed by atoms with E-state index < -0.39 is 5.67 Å². The van der Waals surface area contributed by atoms with Crippen molar-refractivity contribution in [1.29, 1.82) is 0 Å². The van der Waals surface area contributed by atoms with E-state index in [1.165, 1.54) is 13.0 Å². The van der Waals surface area contributed by atoms with Gasteiger partial charge in [-0.2, -0.15) is 0 Å². The van der Waals surface area contributed by atoms with Gasteiger partial charge in [-0.3, -0.25) is 4.79 Å². The fourth-order valence-corrected chi connectivity index (χ4v) is 1.68. The summed E-state index contributed by atoms with van der Waals surface area (Å²) < 4.78 is 13.6. The third-order valence-corrected chi connectivity index (χ3v) is 2.72. The third-order valence-electron chi connectivity index (χ3n) is 1.28. The van der Waals surface area contributed by atoms with Crippen LogP contribution in [0.25, 0.3) is 0 Å². The molecule has 0 spiro atoms. The van der Waals surface area contributed by atoms with Crippen LogP contribution in [0.4, 0.5) is 4.39 Å². The van der Waals surface area contributed by atoms with Gasteiger partial charge in [-0.15, -0.1) is 11.3 Å². The monoisotopic (exact) mass is 192 g/mol. The zero-order chi connectivity index (χ0) is 8.48. The molecular weight excluding hydrogens is 187 g/mol. The molecule has 1 rings (SSSR count). The van der Waals surface area contributed by atoms with Gasteiger partial charge < -0.3 is 0 Å². The van der Waals surface area contributed by atoms with Gasteiger partial charge in [0, 0.05) is 0 Å². The molecule has 0 aromatic carbocycles. The normalized spacial score (nSPS) is 15.9. The number of halogens is 2. The van der Waals surface area contributed by atoms with Gasteiger partial charge in [-0.1, -0.05) is 11.6 Å². The van der Waals surface area contributed by atoms with Crippen molar-refractivity contribution in [2.75, 3.05) is 0 Å². The van der Waals surface area contributed by atoms with E-state index in [9.17, 15) is 9.18 Å². The van der Waals surface area contributed by atoms with E-state index in [1.807, 2.05) is 0 Å². The van der Waals surface area contributed by atoms with E-state index >= 15 is 0 Å². The van der Waals surface area contributed by atoms with Gasteiger partial charge in [0.15, 0.2) is 12.0 Å². The first-order chi connectivity index (χ1) is 5.06. The number of hydrogen-bond donors (Lipinski definition) is 0. The first-order valence-electron chi connectivity index (χ1n) is 2.97. The smallest absolute Gasteiger partial charge is 0.197 e. The Labute approximate surface area is 72.8 Å². The standard InChI is InChI=1S/C7H6ClFOS/c1-7(9,4-10)5-2-3-6(8)11-5/h2-4H,1H3. The van der Waals surface area contributed by atoms with E-state index in [4.69, 9.17) is 11.6 Å². The number of rotatable bonds is 2. The molecule has 1 unspecified atom stereocenters. The lowest BCUT2D eigenvalue weighted by Crippen LogP contribution is -2.14. The lowest BCUT2D eigenvalue weighted by atomic mass is 10.1. The molecule has 1 aromatic heterocycles. The minimum atomic E-state index is -1.89. The maximum Gasteiger partial charge on any atom is 0.197 e. The van der Waals surface area contributed by atoms with Crippen molar-refractivity contribution in [3.05, 3.63) is 21.3 Å². The van der Waals surface area contributed by atoms with E-state index in [1.54, 1.807) is 6.07 Å². The molecule has 4 heteroatoms. The molecule has 11 heavy (non-hydrogen) atoms. The first kappa shape index (κ1) is 8.68. The molecule has 0 saturated heterocycles. The van der Waals surface area contributed by atoms with Crippen molar-refractivity contribution in [2.24, 2.45) is 0 Å². The second-order valence-electron chi connectivity index (χ2n) is 2.30. The molecule has 60 valence electrons. The summed E-state index contributed by atoms with van der Waals surface area (Å²) in [6.45, 7) is 1.21. The van der Waals surface area contributed by atoms with Crippen LogP contribution in [0.1, 0.15) is 11.8 Å². The molecule has 0 aliphatic rings. The molecule has 0 aliphatic carbocycles. The molecule has 1 heterocycles. The molecule has 1 nitrogen and oxygen atoms in total. The minimum Gasteiger partial charge on any atom is -0.299 e. The SMILES string of the molecule is CC(F)(C=O)c1ccc(Cl)s1. The molecular formula is C7H6ClFOS. The third kappa shape index (κ3) is 1.79. The van der Waals surface area contributed by atoms with Crippen LogP contribution >= 0.6 is 22.9 Å². The Balaban J connectivity index is 3.01. The largest absolute Gasteiger partial charge is 0.299 e. The van der Waals surface area contributed by atoms with Crippen LogP contribution in [0.5, 0.6) is 0 Å². The average molecular weight is 193 g/mol. The highest BCUT2D eigenvalue weighted by atomic mass is 35.5. The summed E-state index contributed by atoms with van der Waals surface area (Å²) in [6.07, 6.45) is 0.273. The van der Waals surface area contributed by atoms with Gasteiger partial charge in [0.1, 0.15) is 0 Å². The van der Waals surface area contributed by atoms with Crippen molar-refractivity contribution in [3.63, 3.8) is 0 Å². The van der Waals surface area contributed by atoms with Crippen LogP contribution in [0.15, 0.2) is 12.1 Å². The topological polar surface area (TPSA) is 17.1 Å². The van der Waals surface area contributed by atoms with Gasteiger partial charge in [0.25, 0.3) is 0 Å². The van der Waals surface area contributed by atoms with E-state index in [0.29, 0.717) is 9.21 Å². The quantitative estimate of drug-likeness (QED) is 0.659. The molecule has 0 radical (unpaired) electrons. The average Bonchev–Trinajstić information content (AvgIpc) is 2.36. The molecule has 1 atom stereocenters. The number of carbonyl (C=O) groups is 1. The summed E-state index contributed by atoms with van der Waals surface area (Å²) >= 11 is 6.64. The summed E-state index contributed by atoms with van der Waals surface area (Å²) in [7, 11) is 0. The summed E-state index contributed by atoms with van der Waals surface area (Å²) in [5.41, 5.74) is -1.89. The molecule has 0 aliphatic heterocycles. The van der Waals surface area contributed by atoms with Gasteiger partial charge in [-0.05, 0) is 19.1 Å². The Bertz CT molecular complexity index is 269. The van der Waals surface area contributed by atoms with E-state index in [2.05, 4.69) is 0 Å². The highest BCUT2D eigenvalue weighted by Gasteiger charge is 2.26. The summed E-state index contributed by atoms with van der Waals surface area (Å²) in [5.74, 6) is 0. The Morgan fingerprint density at radius 3 is 2.73 bits per heavy atom. The lowest BCUT2D eigenvalue weighted by molar-refractivity contribution is -0.117. The molecule has 0 fully saturated rings. The molecule has 0 amide bonds. The Hall–Kier alpha value is -0.410. The summed E-state index contributed by atoms with van der Waals surface area (Å²) in [4.78, 5) is 10.6. The zero-order valence-electron chi connectivity index (χ0n) is 5.80. The predicted octanol–water partition coefficient (Wildman–Crippen LogP) is 2.79. The van der Waals surface area contributed by atoms with Gasteiger partial charge in [0.2, 0.25) is 0 Å². The Kier molecular flexibility index (Phi) is 2.30. The number of aldehydes is 1. The summed E-state index contributed by atoms with van der Waals surface area (Å²) in [5, 5.41) is 0. The van der Waals surface area contributed by atoms with Crippen LogP contribution < -0.4 is 0 Å². The number of carbonyl (C=O) groups excluding carboxylic acids is 1. The summed E-state index contributed by atoms with van der Waals surface area (Å²) in [6, 6.07) is 3.09. The van der Waals surface area contributed by atoms with Crippen molar-refractivity contribution < 1.29 is 9.18 Å². The van der Waals surface area contributed by atoms with Crippen LogP contribution in [0.2, 0.25) is 4.34 Å².